The molecule has 1 unspecified atom stereocenters. The molecule has 2 N–H and O–H groups in total. The zero-order valence-electron chi connectivity index (χ0n) is 22.1. The number of amides is 2. The summed E-state index contributed by atoms with van der Waals surface area (Å²) in [6.07, 6.45) is 6.95. The molecule has 3 rings (SSSR count). The summed E-state index contributed by atoms with van der Waals surface area (Å²) in [6.45, 7) is 4.20. The largest absolute Gasteiger partial charge is 0.350 e. The van der Waals surface area contributed by atoms with E-state index in [4.69, 9.17) is 9.57 Å². The Hall–Kier alpha value is -3.21. The van der Waals surface area contributed by atoms with E-state index in [2.05, 4.69) is 10.9 Å². The van der Waals surface area contributed by atoms with Crippen LogP contribution in [0.4, 0.5) is 5.69 Å². The number of hydroxylamine groups is 1. The van der Waals surface area contributed by atoms with Crippen LogP contribution >= 0.6 is 0 Å². The summed E-state index contributed by atoms with van der Waals surface area (Å²) in [5.74, 6) is -3.05. The number of ether oxygens (including phenoxy) is 1. The molecule has 0 radical (unpaired) electrons. The fourth-order valence-electron chi connectivity index (χ4n) is 4.36. The molecule has 2 aromatic carbocycles. The molecule has 1 aliphatic heterocycles. The van der Waals surface area contributed by atoms with Gasteiger partial charge in [-0.1, -0.05) is 74.5 Å². The van der Waals surface area contributed by atoms with Crippen LogP contribution in [0.25, 0.3) is 6.08 Å². The monoisotopic (exact) mass is 543 g/mol. The van der Waals surface area contributed by atoms with Crippen molar-refractivity contribution in [1.29, 1.82) is 0 Å². The Balaban J connectivity index is 1.84. The number of hydrogen-bond acceptors (Lipinski definition) is 6. The summed E-state index contributed by atoms with van der Waals surface area (Å²) in [6, 6.07) is 17.9. The second-order valence-electron chi connectivity index (χ2n) is 9.64. The fourth-order valence-corrected chi connectivity index (χ4v) is 5.12. The van der Waals surface area contributed by atoms with E-state index in [1.807, 2.05) is 56.3 Å². The minimum Gasteiger partial charge on any atom is -0.350 e. The summed E-state index contributed by atoms with van der Waals surface area (Å²) in [5.41, 5.74) is 6.28. The van der Waals surface area contributed by atoms with Gasteiger partial charge in [-0.05, 0) is 42.9 Å². The smallest absolute Gasteiger partial charge is 0.249 e. The molecular weight excluding hydrogens is 506 g/mol. The molecular formula is C28H37N3O6S. The van der Waals surface area contributed by atoms with Crippen molar-refractivity contribution in [2.24, 2.45) is 17.8 Å². The first-order valence-electron chi connectivity index (χ1n) is 12.8. The summed E-state index contributed by atoms with van der Waals surface area (Å²) < 4.78 is 31.5. The van der Waals surface area contributed by atoms with Crippen molar-refractivity contribution in [1.82, 2.24) is 10.9 Å². The predicted octanol–water partition coefficient (Wildman–Crippen LogP) is 4.05. The summed E-state index contributed by atoms with van der Waals surface area (Å²) in [4.78, 5) is 32.5. The van der Waals surface area contributed by atoms with E-state index in [9.17, 15) is 18.0 Å². The number of para-hydroxylation sites is 1. The minimum absolute atomic E-state index is 0.232. The zero-order chi connectivity index (χ0) is 27.5. The maximum atomic E-state index is 13.6. The standard InChI is InChI=1S/C28H37N3O6S/c1-21(2)26(28(33)29-31(38(3,34)35)23-16-8-5-9-17-23)24(18-12-15-22-13-6-4-7-14-22)27(32)30-37-25-19-10-11-20-36-25/h4-9,12-17,21,24-26H,10-11,18-20H2,1-3H3,(H,29,33)(H,30,32)/t24?,25-,26+/m0/s1. The van der Waals surface area contributed by atoms with Crippen molar-refractivity contribution in [3.63, 3.8) is 0 Å². The van der Waals surface area contributed by atoms with E-state index in [0.717, 1.165) is 29.1 Å². The highest BCUT2D eigenvalue weighted by molar-refractivity contribution is 7.92. The van der Waals surface area contributed by atoms with Crippen LogP contribution in [-0.2, 0) is 29.2 Å². The number of sulfonamides is 1. The number of nitrogens with one attached hydrogen (secondary N) is 2. The molecule has 1 aliphatic rings. The highest BCUT2D eigenvalue weighted by Crippen LogP contribution is 2.27. The lowest BCUT2D eigenvalue weighted by atomic mass is 9.80. The van der Waals surface area contributed by atoms with Gasteiger partial charge in [-0.3, -0.25) is 15.0 Å². The van der Waals surface area contributed by atoms with E-state index in [1.54, 1.807) is 30.3 Å². The Kier molecular flexibility index (Phi) is 10.9. The molecule has 38 heavy (non-hydrogen) atoms. The molecule has 0 saturated carbocycles. The number of anilines is 1. The average Bonchev–Trinajstić information content (AvgIpc) is 2.90. The van der Waals surface area contributed by atoms with Gasteiger partial charge in [0, 0.05) is 13.0 Å². The van der Waals surface area contributed by atoms with Gasteiger partial charge in [0.1, 0.15) is 0 Å². The predicted molar refractivity (Wildman–Crippen MR) is 147 cm³/mol. The Morgan fingerprint density at radius 2 is 1.71 bits per heavy atom. The second-order valence-corrected chi connectivity index (χ2v) is 11.5. The van der Waals surface area contributed by atoms with Crippen LogP contribution < -0.4 is 15.3 Å². The highest BCUT2D eigenvalue weighted by atomic mass is 32.2. The Morgan fingerprint density at radius 1 is 1.05 bits per heavy atom. The van der Waals surface area contributed by atoms with Crippen molar-refractivity contribution in [3.8, 4) is 0 Å². The van der Waals surface area contributed by atoms with Crippen LogP contribution in [0.3, 0.4) is 0 Å². The molecule has 10 heteroatoms. The molecule has 0 spiro atoms. The van der Waals surface area contributed by atoms with Gasteiger partial charge in [0.05, 0.1) is 23.8 Å². The molecule has 1 saturated heterocycles. The van der Waals surface area contributed by atoms with Crippen LogP contribution in [0, 0.1) is 17.8 Å². The van der Waals surface area contributed by atoms with Gasteiger partial charge in [0.25, 0.3) is 0 Å². The number of benzene rings is 2. The molecule has 2 aromatic rings. The topological polar surface area (TPSA) is 114 Å². The average molecular weight is 544 g/mol. The summed E-state index contributed by atoms with van der Waals surface area (Å²) >= 11 is 0. The molecule has 3 atom stereocenters. The zero-order valence-corrected chi connectivity index (χ0v) is 22.9. The maximum absolute atomic E-state index is 13.6. The molecule has 0 aromatic heterocycles. The van der Waals surface area contributed by atoms with Crippen molar-refractivity contribution >= 4 is 33.6 Å². The van der Waals surface area contributed by atoms with Crippen LogP contribution in [0.1, 0.15) is 45.1 Å². The molecule has 0 aliphatic carbocycles. The normalized spacial score (nSPS) is 17.6. The minimum atomic E-state index is -3.85. The third-order valence-electron chi connectivity index (χ3n) is 6.25. The molecule has 9 nitrogen and oxygen atoms in total. The molecule has 0 bridgehead atoms. The van der Waals surface area contributed by atoms with Gasteiger partial charge in [-0.15, -0.1) is 0 Å². The number of nitrogens with zero attached hydrogens (tertiary/aromatic N) is 1. The summed E-state index contributed by atoms with van der Waals surface area (Å²) in [5, 5.41) is 0. The van der Waals surface area contributed by atoms with Crippen LogP contribution in [0.2, 0.25) is 0 Å². The number of rotatable bonds is 12. The van der Waals surface area contributed by atoms with Crippen molar-refractivity contribution in [2.75, 3.05) is 17.3 Å². The summed E-state index contributed by atoms with van der Waals surface area (Å²) in [7, 11) is -3.85. The van der Waals surface area contributed by atoms with Gasteiger partial charge in [-0.25, -0.2) is 18.7 Å². The van der Waals surface area contributed by atoms with E-state index in [0.29, 0.717) is 13.0 Å². The first-order valence-corrected chi connectivity index (χ1v) is 14.7. The van der Waals surface area contributed by atoms with Crippen LogP contribution in [0.5, 0.6) is 0 Å². The molecule has 206 valence electrons. The third kappa shape index (κ3) is 8.68. The van der Waals surface area contributed by atoms with E-state index in [1.165, 1.54) is 0 Å². The van der Waals surface area contributed by atoms with E-state index >= 15 is 0 Å². The van der Waals surface area contributed by atoms with Crippen LogP contribution in [0.15, 0.2) is 66.7 Å². The number of carbonyl (C=O) groups excluding carboxylic acids is 2. The first kappa shape index (κ1) is 29.3. The number of allylic oxidation sites excluding steroid dienone is 1. The third-order valence-corrected chi connectivity index (χ3v) is 7.22. The Labute approximate surface area is 225 Å². The lowest BCUT2D eigenvalue weighted by molar-refractivity contribution is -0.203. The lowest BCUT2D eigenvalue weighted by Crippen LogP contribution is -2.52. The Morgan fingerprint density at radius 3 is 2.29 bits per heavy atom. The Bertz CT molecular complexity index is 1170. The number of hydrazine groups is 1. The van der Waals surface area contributed by atoms with Gasteiger partial charge >= 0.3 is 0 Å². The van der Waals surface area contributed by atoms with Gasteiger partial charge in [0.15, 0.2) is 6.29 Å². The maximum Gasteiger partial charge on any atom is 0.249 e. The van der Waals surface area contributed by atoms with Crippen molar-refractivity contribution in [3.05, 3.63) is 72.3 Å². The first-order chi connectivity index (χ1) is 18.2. The van der Waals surface area contributed by atoms with Gasteiger partial charge < -0.3 is 4.74 Å². The number of carbonyl (C=O) groups is 2. The highest BCUT2D eigenvalue weighted by Gasteiger charge is 2.37. The number of hydrogen-bond donors (Lipinski definition) is 2. The molecule has 1 fully saturated rings. The van der Waals surface area contributed by atoms with E-state index < -0.39 is 40.0 Å². The SMILES string of the molecule is CC(C)[C@@H](C(=O)NN(c1ccccc1)S(C)(=O)=O)C(CC=Cc1ccccc1)C(=O)NO[C@H]1CCCCO1. The molecule has 1 heterocycles. The van der Waals surface area contributed by atoms with Gasteiger partial charge in [0.2, 0.25) is 21.8 Å². The van der Waals surface area contributed by atoms with Crippen LogP contribution in [-0.4, -0.2) is 39.4 Å². The second kappa shape index (κ2) is 14.1. The van der Waals surface area contributed by atoms with Crippen molar-refractivity contribution in [2.45, 2.75) is 45.8 Å². The lowest BCUT2D eigenvalue weighted by Gasteiger charge is -2.31. The van der Waals surface area contributed by atoms with Gasteiger partial charge in [-0.2, -0.15) is 4.41 Å². The molecule has 2 amide bonds. The van der Waals surface area contributed by atoms with Crippen molar-refractivity contribution < 1.29 is 27.6 Å². The quantitative estimate of drug-likeness (QED) is 0.391. The van der Waals surface area contributed by atoms with E-state index in [-0.39, 0.29) is 18.0 Å². The fraction of sp³-hybridized carbons (Fsp3) is 0.429.